The molecule has 1 aromatic heterocycles. The molecule has 90 valence electrons. The van der Waals surface area contributed by atoms with Gasteiger partial charge in [-0.2, -0.15) is 0 Å². The molecule has 0 saturated heterocycles. The number of rotatable bonds is 2. The summed E-state index contributed by atoms with van der Waals surface area (Å²) in [7, 11) is 0. The van der Waals surface area contributed by atoms with Crippen LogP contribution in [-0.4, -0.2) is 6.36 Å². The van der Waals surface area contributed by atoms with Crippen molar-refractivity contribution in [3.8, 4) is 16.2 Å². The lowest BCUT2D eigenvalue weighted by Gasteiger charge is -2.04. The predicted molar refractivity (Wildman–Crippen MR) is 60.9 cm³/mol. The summed E-state index contributed by atoms with van der Waals surface area (Å²) in [5.41, 5.74) is 6.98. The molecule has 0 aliphatic carbocycles. The third-order valence-corrected chi connectivity index (χ3v) is 2.88. The molecule has 0 aliphatic rings. The number of anilines is 1. The minimum atomic E-state index is -4.69. The molecule has 2 rings (SSSR count). The minimum Gasteiger partial charge on any atom is -0.396 e. The Hall–Kier alpha value is -1.69. The van der Waals surface area contributed by atoms with Gasteiger partial charge in [0.2, 0.25) is 0 Å². The number of alkyl halides is 3. The lowest BCUT2D eigenvalue weighted by atomic mass is 10.1. The number of benzene rings is 1. The Labute approximate surface area is 99.4 Å². The number of hydrogen-bond acceptors (Lipinski definition) is 3. The van der Waals surface area contributed by atoms with Gasteiger partial charge in [0.25, 0.3) is 0 Å². The van der Waals surface area contributed by atoms with E-state index in [2.05, 4.69) is 4.74 Å². The molecule has 1 heterocycles. The van der Waals surface area contributed by atoms with Crippen molar-refractivity contribution in [2.24, 2.45) is 0 Å². The Morgan fingerprint density at radius 2 is 1.76 bits per heavy atom. The van der Waals surface area contributed by atoms with Gasteiger partial charge in [0, 0.05) is 11.6 Å². The van der Waals surface area contributed by atoms with Gasteiger partial charge in [-0.25, -0.2) is 0 Å². The normalized spacial score (nSPS) is 11.5. The molecule has 0 fully saturated rings. The molecular formula is C11H8F3NOS. The second-order valence-corrected chi connectivity index (χ2v) is 4.30. The SMILES string of the molecule is Nc1sc(OC(F)(F)F)cc1-c1ccccc1. The van der Waals surface area contributed by atoms with Crippen LogP contribution in [0.1, 0.15) is 0 Å². The van der Waals surface area contributed by atoms with Gasteiger partial charge in [-0.3, -0.25) is 0 Å². The van der Waals surface area contributed by atoms with Crippen LogP contribution in [0.25, 0.3) is 11.1 Å². The number of ether oxygens (including phenoxy) is 1. The smallest absolute Gasteiger partial charge is 0.396 e. The van der Waals surface area contributed by atoms with E-state index in [0.29, 0.717) is 10.6 Å². The molecule has 0 unspecified atom stereocenters. The van der Waals surface area contributed by atoms with Crippen molar-refractivity contribution < 1.29 is 17.9 Å². The zero-order valence-corrected chi connectivity index (χ0v) is 9.31. The predicted octanol–water partition coefficient (Wildman–Crippen LogP) is 3.90. The van der Waals surface area contributed by atoms with Crippen molar-refractivity contribution in [2.45, 2.75) is 6.36 Å². The minimum absolute atomic E-state index is 0.256. The lowest BCUT2D eigenvalue weighted by molar-refractivity contribution is -0.273. The van der Waals surface area contributed by atoms with Gasteiger partial charge in [-0.05, 0) is 5.56 Å². The number of thiophene rings is 1. The number of nitrogens with two attached hydrogens (primary N) is 1. The van der Waals surface area contributed by atoms with Crippen LogP contribution in [0, 0.1) is 0 Å². The van der Waals surface area contributed by atoms with E-state index in [9.17, 15) is 13.2 Å². The lowest BCUT2D eigenvalue weighted by Crippen LogP contribution is -2.16. The molecule has 0 bridgehead atoms. The summed E-state index contributed by atoms with van der Waals surface area (Å²) in [5.74, 6) is 0. The average molecular weight is 259 g/mol. The Kier molecular flexibility index (Phi) is 2.97. The summed E-state index contributed by atoms with van der Waals surface area (Å²) in [6.45, 7) is 0. The van der Waals surface area contributed by atoms with E-state index in [4.69, 9.17) is 5.73 Å². The molecule has 2 nitrogen and oxygen atoms in total. The molecule has 0 saturated carbocycles. The van der Waals surface area contributed by atoms with Crippen LogP contribution in [0.4, 0.5) is 18.2 Å². The molecule has 1 aromatic carbocycles. The maximum atomic E-state index is 12.0. The second-order valence-electron chi connectivity index (χ2n) is 3.26. The average Bonchev–Trinajstić information content (AvgIpc) is 2.58. The molecule has 0 amide bonds. The molecule has 2 N–H and O–H groups in total. The van der Waals surface area contributed by atoms with Crippen LogP contribution in [0.15, 0.2) is 36.4 Å². The van der Waals surface area contributed by atoms with Crippen molar-refractivity contribution in [1.29, 1.82) is 0 Å². The van der Waals surface area contributed by atoms with Gasteiger partial charge in [0.15, 0.2) is 5.06 Å². The first kappa shape index (κ1) is 11.8. The topological polar surface area (TPSA) is 35.2 Å². The molecule has 2 aromatic rings. The molecule has 0 aliphatic heterocycles. The van der Waals surface area contributed by atoms with Crippen LogP contribution < -0.4 is 10.5 Å². The summed E-state index contributed by atoms with van der Waals surface area (Å²) in [5, 5.41) is 0.0457. The number of nitrogen functional groups attached to an aromatic ring is 1. The van der Waals surface area contributed by atoms with E-state index in [-0.39, 0.29) is 5.06 Å². The highest BCUT2D eigenvalue weighted by atomic mass is 32.1. The first-order valence-corrected chi connectivity index (χ1v) is 5.48. The van der Waals surface area contributed by atoms with Crippen LogP contribution in [-0.2, 0) is 0 Å². The monoisotopic (exact) mass is 259 g/mol. The standard InChI is InChI=1S/C11H8F3NOS/c12-11(13,14)16-9-6-8(10(15)17-9)7-4-2-1-3-5-7/h1-6H,15H2. The fourth-order valence-electron chi connectivity index (χ4n) is 1.39. The number of halogens is 3. The van der Waals surface area contributed by atoms with Gasteiger partial charge in [0.05, 0.1) is 5.00 Å². The van der Waals surface area contributed by atoms with E-state index >= 15 is 0 Å². The second kappa shape index (κ2) is 4.29. The maximum Gasteiger partial charge on any atom is 0.573 e. The zero-order chi connectivity index (χ0) is 12.5. The highest BCUT2D eigenvalue weighted by molar-refractivity contribution is 7.18. The van der Waals surface area contributed by atoms with Gasteiger partial charge in [-0.15, -0.1) is 13.2 Å². The van der Waals surface area contributed by atoms with Gasteiger partial charge >= 0.3 is 6.36 Å². The van der Waals surface area contributed by atoms with Crippen molar-refractivity contribution >= 4 is 16.3 Å². The first-order chi connectivity index (χ1) is 7.96. The summed E-state index contributed by atoms with van der Waals surface area (Å²) in [4.78, 5) is 0. The molecule has 6 heteroatoms. The quantitative estimate of drug-likeness (QED) is 0.887. The van der Waals surface area contributed by atoms with E-state index in [1.807, 2.05) is 6.07 Å². The molecular weight excluding hydrogens is 251 g/mol. The Bertz CT molecular complexity index is 507. The van der Waals surface area contributed by atoms with Crippen LogP contribution in [0.5, 0.6) is 5.06 Å². The molecule has 17 heavy (non-hydrogen) atoms. The van der Waals surface area contributed by atoms with Crippen molar-refractivity contribution in [3.63, 3.8) is 0 Å². The summed E-state index contributed by atoms with van der Waals surface area (Å²) in [6.07, 6.45) is -4.69. The largest absolute Gasteiger partial charge is 0.573 e. The first-order valence-electron chi connectivity index (χ1n) is 4.66. The fourth-order valence-corrected chi connectivity index (χ4v) is 2.21. The molecule has 0 spiro atoms. The highest BCUT2D eigenvalue weighted by Gasteiger charge is 2.32. The van der Waals surface area contributed by atoms with Crippen LogP contribution >= 0.6 is 11.3 Å². The van der Waals surface area contributed by atoms with E-state index in [0.717, 1.165) is 16.9 Å². The maximum absolute atomic E-state index is 12.0. The van der Waals surface area contributed by atoms with Gasteiger partial charge < -0.3 is 10.5 Å². The Balaban J connectivity index is 2.32. The van der Waals surface area contributed by atoms with Crippen molar-refractivity contribution in [3.05, 3.63) is 36.4 Å². The summed E-state index contributed by atoms with van der Waals surface area (Å²) in [6, 6.07) is 10.2. The van der Waals surface area contributed by atoms with Gasteiger partial charge in [0.1, 0.15) is 0 Å². The van der Waals surface area contributed by atoms with E-state index < -0.39 is 6.36 Å². The van der Waals surface area contributed by atoms with Crippen LogP contribution in [0.2, 0.25) is 0 Å². The van der Waals surface area contributed by atoms with E-state index in [1.165, 1.54) is 6.07 Å². The zero-order valence-electron chi connectivity index (χ0n) is 8.49. The number of hydrogen-bond donors (Lipinski definition) is 1. The Morgan fingerprint density at radius 1 is 1.12 bits per heavy atom. The summed E-state index contributed by atoms with van der Waals surface area (Å²) < 4.78 is 39.9. The third-order valence-electron chi connectivity index (χ3n) is 2.04. The van der Waals surface area contributed by atoms with Gasteiger partial charge in [-0.1, -0.05) is 41.7 Å². The van der Waals surface area contributed by atoms with Crippen molar-refractivity contribution in [2.75, 3.05) is 5.73 Å². The van der Waals surface area contributed by atoms with E-state index in [1.54, 1.807) is 24.3 Å². The van der Waals surface area contributed by atoms with Crippen LogP contribution in [0.3, 0.4) is 0 Å². The third kappa shape index (κ3) is 2.91. The van der Waals surface area contributed by atoms with Crippen molar-refractivity contribution in [1.82, 2.24) is 0 Å². The highest BCUT2D eigenvalue weighted by Crippen LogP contribution is 2.40. The fraction of sp³-hybridized carbons (Fsp3) is 0.0909. The molecule has 0 radical (unpaired) electrons. The molecule has 0 atom stereocenters. The Morgan fingerprint density at radius 3 is 2.35 bits per heavy atom. The summed E-state index contributed by atoms with van der Waals surface area (Å²) >= 11 is 0.772.